The molecule has 0 spiro atoms. The number of aromatic nitrogens is 2. The lowest BCUT2D eigenvalue weighted by Crippen LogP contribution is -1.97. The van der Waals surface area contributed by atoms with E-state index in [1.807, 2.05) is 43.3 Å². The van der Waals surface area contributed by atoms with Gasteiger partial charge in [-0.05, 0) is 30.5 Å². The molecule has 3 heteroatoms. The number of benzene rings is 1. The molecule has 0 atom stereocenters. The van der Waals surface area contributed by atoms with Crippen LogP contribution >= 0.6 is 0 Å². The lowest BCUT2D eigenvalue weighted by molar-refractivity contribution is 0.450. The van der Waals surface area contributed by atoms with Gasteiger partial charge < -0.3 is 4.74 Å². The van der Waals surface area contributed by atoms with Crippen molar-refractivity contribution >= 4 is 0 Å². The number of aryl methyl sites for hydroxylation is 1. The summed E-state index contributed by atoms with van der Waals surface area (Å²) in [6.45, 7) is 6.18. The maximum Gasteiger partial charge on any atom is 0.238 e. The SMILES string of the molecule is Cc1ccccc1Oc1ccc(C(C)C)nn1. The van der Waals surface area contributed by atoms with Gasteiger partial charge in [0.05, 0.1) is 5.69 Å². The minimum absolute atomic E-state index is 0.384. The average molecular weight is 228 g/mol. The van der Waals surface area contributed by atoms with Crippen molar-refractivity contribution in [3.8, 4) is 11.6 Å². The van der Waals surface area contributed by atoms with E-state index in [0.29, 0.717) is 11.8 Å². The fourth-order valence-corrected chi connectivity index (χ4v) is 1.48. The zero-order valence-electron chi connectivity index (χ0n) is 10.3. The van der Waals surface area contributed by atoms with Crippen LogP contribution < -0.4 is 4.74 Å². The smallest absolute Gasteiger partial charge is 0.238 e. The largest absolute Gasteiger partial charge is 0.437 e. The summed E-state index contributed by atoms with van der Waals surface area (Å²) in [4.78, 5) is 0. The van der Waals surface area contributed by atoms with Crippen molar-refractivity contribution in [1.29, 1.82) is 0 Å². The van der Waals surface area contributed by atoms with Crippen LogP contribution in [-0.4, -0.2) is 10.2 Å². The van der Waals surface area contributed by atoms with Crippen LogP contribution in [0.1, 0.15) is 31.0 Å². The first-order chi connectivity index (χ1) is 8.16. The fraction of sp³-hybridized carbons (Fsp3) is 0.286. The number of hydrogen-bond acceptors (Lipinski definition) is 3. The maximum absolute atomic E-state index is 5.67. The van der Waals surface area contributed by atoms with Gasteiger partial charge in [0.1, 0.15) is 5.75 Å². The Morgan fingerprint density at radius 2 is 1.76 bits per heavy atom. The maximum atomic E-state index is 5.67. The number of hydrogen-bond donors (Lipinski definition) is 0. The van der Waals surface area contributed by atoms with Gasteiger partial charge in [-0.3, -0.25) is 0 Å². The summed E-state index contributed by atoms with van der Waals surface area (Å²) in [5.41, 5.74) is 2.06. The van der Waals surface area contributed by atoms with Crippen molar-refractivity contribution in [2.75, 3.05) is 0 Å². The van der Waals surface area contributed by atoms with Crippen LogP contribution in [0, 0.1) is 6.92 Å². The molecule has 0 bridgehead atoms. The van der Waals surface area contributed by atoms with E-state index in [9.17, 15) is 0 Å². The molecular weight excluding hydrogens is 212 g/mol. The highest BCUT2D eigenvalue weighted by atomic mass is 16.5. The molecule has 0 amide bonds. The van der Waals surface area contributed by atoms with Crippen LogP contribution in [0.5, 0.6) is 11.6 Å². The first kappa shape index (κ1) is 11.6. The van der Waals surface area contributed by atoms with Crippen LogP contribution in [0.25, 0.3) is 0 Å². The molecule has 3 nitrogen and oxygen atoms in total. The van der Waals surface area contributed by atoms with E-state index >= 15 is 0 Å². The molecular formula is C14H16N2O. The third-order valence-electron chi connectivity index (χ3n) is 2.56. The van der Waals surface area contributed by atoms with Gasteiger partial charge in [0.15, 0.2) is 0 Å². The second-order valence-corrected chi connectivity index (χ2v) is 4.32. The van der Waals surface area contributed by atoms with Gasteiger partial charge in [0, 0.05) is 6.07 Å². The van der Waals surface area contributed by atoms with Crippen LogP contribution in [0.3, 0.4) is 0 Å². The molecule has 0 radical (unpaired) electrons. The van der Waals surface area contributed by atoms with Crippen LogP contribution in [-0.2, 0) is 0 Å². The summed E-state index contributed by atoms with van der Waals surface area (Å²) in [5, 5.41) is 8.19. The second-order valence-electron chi connectivity index (χ2n) is 4.32. The Morgan fingerprint density at radius 1 is 1.00 bits per heavy atom. The van der Waals surface area contributed by atoms with Crippen molar-refractivity contribution in [2.45, 2.75) is 26.7 Å². The van der Waals surface area contributed by atoms with E-state index in [2.05, 4.69) is 24.0 Å². The Bertz CT molecular complexity index is 492. The Hall–Kier alpha value is -1.90. The van der Waals surface area contributed by atoms with Gasteiger partial charge in [-0.1, -0.05) is 32.0 Å². The monoisotopic (exact) mass is 228 g/mol. The van der Waals surface area contributed by atoms with Gasteiger partial charge in [-0.2, -0.15) is 5.10 Å². The van der Waals surface area contributed by atoms with Crippen molar-refractivity contribution in [3.05, 3.63) is 47.7 Å². The first-order valence-corrected chi connectivity index (χ1v) is 5.74. The highest BCUT2D eigenvalue weighted by molar-refractivity contribution is 5.34. The highest BCUT2D eigenvalue weighted by Crippen LogP contribution is 2.23. The Morgan fingerprint density at radius 3 is 2.35 bits per heavy atom. The van der Waals surface area contributed by atoms with E-state index in [4.69, 9.17) is 4.74 Å². The summed E-state index contributed by atoms with van der Waals surface area (Å²) >= 11 is 0. The molecule has 1 aromatic carbocycles. The summed E-state index contributed by atoms with van der Waals surface area (Å²) in [6.07, 6.45) is 0. The van der Waals surface area contributed by atoms with Gasteiger partial charge in [0.25, 0.3) is 0 Å². The molecule has 0 unspecified atom stereocenters. The molecule has 0 aliphatic heterocycles. The van der Waals surface area contributed by atoms with Crippen molar-refractivity contribution in [2.24, 2.45) is 0 Å². The van der Waals surface area contributed by atoms with Gasteiger partial charge in [0.2, 0.25) is 5.88 Å². The Balaban J connectivity index is 2.17. The molecule has 1 aromatic heterocycles. The Kier molecular flexibility index (Phi) is 3.38. The van der Waals surface area contributed by atoms with Crippen molar-refractivity contribution in [1.82, 2.24) is 10.2 Å². The lowest BCUT2D eigenvalue weighted by Gasteiger charge is -2.08. The van der Waals surface area contributed by atoms with E-state index in [0.717, 1.165) is 17.0 Å². The minimum Gasteiger partial charge on any atom is -0.437 e. The minimum atomic E-state index is 0.384. The molecule has 88 valence electrons. The summed E-state index contributed by atoms with van der Waals surface area (Å²) in [6, 6.07) is 11.7. The topological polar surface area (TPSA) is 35.0 Å². The molecule has 0 saturated carbocycles. The summed E-state index contributed by atoms with van der Waals surface area (Å²) < 4.78 is 5.67. The van der Waals surface area contributed by atoms with Gasteiger partial charge >= 0.3 is 0 Å². The van der Waals surface area contributed by atoms with E-state index in [1.165, 1.54) is 0 Å². The number of rotatable bonds is 3. The molecule has 17 heavy (non-hydrogen) atoms. The molecule has 0 saturated heterocycles. The number of para-hydroxylation sites is 1. The summed E-state index contributed by atoms with van der Waals surface area (Å²) in [5.74, 6) is 1.73. The average Bonchev–Trinajstić information content (AvgIpc) is 2.33. The molecule has 2 rings (SSSR count). The van der Waals surface area contributed by atoms with Gasteiger partial charge in [-0.25, -0.2) is 0 Å². The van der Waals surface area contributed by atoms with Crippen LogP contribution in [0.2, 0.25) is 0 Å². The second kappa shape index (κ2) is 4.95. The third kappa shape index (κ3) is 2.81. The quantitative estimate of drug-likeness (QED) is 0.803. The van der Waals surface area contributed by atoms with E-state index in [-0.39, 0.29) is 0 Å². The predicted octanol–water partition coefficient (Wildman–Crippen LogP) is 3.70. The zero-order valence-corrected chi connectivity index (χ0v) is 10.3. The normalized spacial score (nSPS) is 10.6. The standard InChI is InChI=1S/C14H16N2O/c1-10(2)12-8-9-14(16-15-12)17-13-7-5-4-6-11(13)3/h4-10H,1-3H3. The lowest BCUT2D eigenvalue weighted by atomic mass is 10.1. The van der Waals surface area contributed by atoms with Crippen molar-refractivity contribution in [3.63, 3.8) is 0 Å². The molecule has 0 aliphatic rings. The van der Waals surface area contributed by atoms with Gasteiger partial charge in [-0.15, -0.1) is 5.10 Å². The van der Waals surface area contributed by atoms with Crippen molar-refractivity contribution < 1.29 is 4.74 Å². The first-order valence-electron chi connectivity index (χ1n) is 5.74. The molecule has 1 heterocycles. The molecule has 2 aromatic rings. The number of ether oxygens (including phenoxy) is 1. The summed E-state index contributed by atoms with van der Waals surface area (Å²) in [7, 11) is 0. The fourth-order valence-electron chi connectivity index (χ4n) is 1.48. The van der Waals surface area contributed by atoms with Crippen LogP contribution in [0.15, 0.2) is 36.4 Å². The van der Waals surface area contributed by atoms with E-state index in [1.54, 1.807) is 0 Å². The van der Waals surface area contributed by atoms with E-state index < -0.39 is 0 Å². The van der Waals surface area contributed by atoms with Crippen LogP contribution in [0.4, 0.5) is 0 Å². The Labute approximate surface area is 101 Å². The number of nitrogens with zero attached hydrogens (tertiary/aromatic N) is 2. The third-order valence-corrected chi connectivity index (χ3v) is 2.56. The molecule has 0 fully saturated rings. The zero-order chi connectivity index (χ0) is 12.3. The highest BCUT2D eigenvalue weighted by Gasteiger charge is 2.04. The molecule has 0 aliphatic carbocycles. The molecule has 0 N–H and O–H groups in total. The predicted molar refractivity (Wildman–Crippen MR) is 67.4 cm³/mol.